The minimum Gasteiger partial charge on any atom is -0.373 e. The van der Waals surface area contributed by atoms with Gasteiger partial charge in [-0.05, 0) is 38.8 Å². The zero-order valence-electron chi connectivity index (χ0n) is 11.7. The Morgan fingerprint density at radius 3 is 3.05 bits per heavy atom. The number of aromatic nitrogens is 3. The summed E-state index contributed by atoms with van der Waals surface area (Å²) in [6.45, 7) is 5.50. The molecular weight excluding hydrogens is 256 g/mol. The van der Waals surface area contributed by atoms with Crippen molar-refractivity contribution in [3.8, 4) is 11.5 Å². The lowest BCUT2D eigenvalue weighted by Crippen LogP contribution is -2.32. The van der Waals surface area contributed by atoms with Crippen LogP contribution < -0.4 is 5.32 Å². The minimum absolute atomic E-state index is 0.0985. The van der Waals surface area contributed by atoms with Crippen molar-refractivity contribution in [2.45, 2.75) is 32.3 Å². The van der Waals surface area contributed by atoms with Gasteiger partial charge in [0, 0.05) is 24.9 Å². The van der Waals surface area contributed by atoms with Gasteiger partial charge < -0.3 is 14.6 Å². The summed E-state index contributed by atoms with van der Waals surface area (Å²) in [5.74, 6) is 1.92. The molecule has 0 bridgehead atoms. The summed E-state index contributed by atoms with van der Waals surface area (Å²) >= 11 is 0. The van der Waals surface area contributed by atoms with Crippen molar-refractivity contribution in [1.82, 2.24) is 15.1 Å². The van der Waals surface area contributed by atoms with E-state index in [1.54, 1.807) is 13.1 Å². The molecule has 1 aliphatic heterocycles. The smallest absolute Gasteiger partial charge is 0.258 e. The van der Waals surface area contributed by atoms with Gasteiger partial charge in [-0.2, -0.15) is 4.98 Å². The Hall–Kier alpha value is -1.95. The second-order valence-electron chi connectivity index (χ2n) is 5.33. The highest BCUT2D eigenvalue weighted by atomic mass is 16.5. The van der Waals surface area contributed by atoms with Gasteiger partial charge in [0.15, 0.2) is 5.82 Å². The van der Waals surface area contributed by atoms with Crippen molar-refractivity contribution in [3.05, 3.63) is 24.2 Å². The van der Waals surface area contributed by atoms with Gasteiger partial charge in [0.05, 0.1) is 5.60 Å². The molecule has 0 aromatic carbocycles. The molecule has 1 fully saturated rings. The van der Waals surface area contributed by atoms with Crippen LogP contribution in [0.1, 0.15) is 25.6 Å². The number of nitrogens with one attached hydrogen (secondary N) is 1. The first-order valence-electron chi connectivity index (χ1n) is 6.79. The van der Waals surface area contributed by atoms with Crippen LogP contribution in [0.2, 0.25) is 0 Å². The second kappa shape index (κ2) is 5.20. The molecule has 2 aromatic rings. The van der Waals surface area contributed by atoms with E-state index in [9.17, 15) is 0 Å². The van der Waals surface area contributed by atoms with Crippen LogP contribution in [0.15, 0.2) is 22.9 Å². The van der Waals surface area contributed by atoms with E-state index in [1.807, 2.05) is 12.1 Å². The second-order valence-corrected chi connectivity index (χ2v) is 5.33. The van der Waals surface area contributed by atoms with Crippen molar-refractivity contribution in [2.75, 3.05) is 18.5 Å². The monoisotopic (exact) mass is 274 g/mol. The number of hydrogen-bond donors (Lipinski definition) is 1. The number of aryl methyl sites for hydroxylation is 1. The molecule has 0 aliphatic carbocycles. The average molecular weight is 274 g/mol. The maximum absolute atomic E-state index is 5.75. The van der Waals surface area contributed by atoms with Gasteiger partial charge in [0.25, 0.3) is 5.89 Å². The lowest BCUT2D eigenvalue weighted by molar-refractivity contribution is 0.0315. The molecule has 1 N–H and O–H groups in total. The number of hydrogen-bond acceptors (Lipinski definition) is 6. The summed E-state index contributed by atoms with van der Waals surface area (Å²) in [6, 6.07) is 3.76. The molecule has 2 aromatic heterocycles. The molecule has 1 saturated heterocycles. The molecule has 3 heterocycles. The molecular formula is C14H18N4O2. The molecule has 106 valence electrons. The third kappa shape index (κ3) is 2.80. The molecule has 6 heteroatoms. The molecule has 1 atom stereocenters. The summed E-state index contributed by atoms with van der Waals surface area (Å²) in [7, 11) is 0. The van der Waals surface area contributed by atoms with Crippen LogP contribution in [-0.2, 0) is 4.74 Å². The number of nitrogens with zero attached hydrogens (tertiary/aromatic N) is 3. The van der Waals surface area contributed by atoms with Gasteiger partial charge in [-0.3, -0.25) is 0 Å². The number of pyridine rings is 1. The maximum Gasteiger partial charge on any atom is 0.258 e. The number of rotatable bonds is 4. The normalized spacial score (nSPS) is 22.1. The fraction of sp³-hybridized carbons (Fsp3) is 0.500. The fourth-order valence-corrected chi connectivity index (χ4v) is 2.33. The van der Waals surface area contributed by atoms with Crippen LogP contribution in [-0.4, -0.2) is 33.9 Å². The SMILES string of the molecule is Cc1noc(-c2ccnc(NCC3(C)CCCO3)c2)n1. The summed E-state index contributed by atoms with van der Waals surface area (Å²) in [4.78, 5) is 8.52. The van der Waals surface area contributed by atoms with Crippen LogP contribution in [0.5, 0.6) is 0 Å². The van der Waals surface area contributed by atoms with E-state index in [2.05, 4.69) is 27.4 Å². The number of ether oxygens (including phenoxy) is 1. The molecule has 0 radical (unpaired) electrons. The highest BCUT2D eigenvalue weighted by Crippen LogP contribution is 2.26. The van der Waals surface area contributed by atoms with E-state index >= 15 is 0 Å². The highest BCUT2D eigenvalue weighted by molar-refractivity contribution is 5.57. The lowest BCUT2D eigenvalue weighted by Gasteiger charge is -2.23. The molecule has 20 heavy (non-hydrogen) atoms. The van der Waals surface area contributed by atoms with E-state index in [1.165, 1.54) is 0 Å². The van der Waals surface area contributed by atoms with E-state index in [0.717, 1.165) is 37.4 Å². The van der Waals surface area contributed by atoms with Crippen LogP contribution in [0, 0.1) is 6.92 Å². The standard InChI is InChI=1S/C14H18N4O2/c1-10-17-13(20-18-10)11-4-6-15-12(8-11)16-9-14(2)5-3-7-19-14/h4,6,8H,3,5,7,9H2,1-2H3,(H,15,16). The van der Waals surface area contributed by atoms with Gasteiger partial charge in [0.1, 0.15) is 5.82 Å². The predicted molar refractivity (Wildman–Crippen MR) is 74.3 cm³/mol. The fourth-order valence-electron chi connectivity index (χ4n) is 2.33. The maximum atomic E-state index is 5.75. The van der Waals surface area contributed by atoms with E-state index in [4.69, 9.17) is 9.26 Å². The van der Waals surface area contributed by atoms with Crippen molar-refractivity contribution < 1.29 is 9.26 Å². The quantitative estimate of drug-likeness (QED) is 0.923. The first kappa shape index (κ1) is 13.1. The van der Waals surface area contributed by atoms with Gasteiger partial charge in [-0.25, -0.2) is 4.98 Å². The summed E-state index contributed by atoms with van der Waals surface area (Å²) in [5, 5.41) is 7.11. The largest absolute Gasteiger partial charge is 0.373 e. The van der Waals surface area contributed by atoms with E-state index in [-0.39, 0.29) is 5.60 Å². The minimum atomic E-state index is -0.0985. The zero-order valence-corrected chi connectivity index (χ0v) is 11.7. The molecule has 0 amide bonds. The topological polar surface area (TPSA) is 73.1 Å². The molecule has 0 saturated carbocycles. The predicted octanol–water partition coefficient (Wildman–Crippen LogP) is 2.42. The van der Waals surface area contributed by atoms with Crippen molar-refractivity contribution in [2.24, 2.45) is 0 Å². The Balaban J connectivity index is 1.71. The van der Waals surface area contributed by atoms with Crippen molar-refractivity contribution >= 4 is 5.82 Å². The van der Waals surface area contributed by atoms with E-state index in [0.29, 0.717) is 11.7 Å². The zero-order chi connectivity index (χ0) is 14.0. The molecule has 0 spiro atoms. The van der Waals surface area contributed by atoms with Crippen LogP contribution >= 0.6 is 0 Å². The van der Waals surface area contributed by atoms with Crippen molar-refractivity contribution in [3.63, 3.8) is 0 Å². The molecule has 6 nitrogen and oxygen atoms in total. The third-order valence-corrected chi connectivity index (χ3v) is 3.48. The van der Waals surface area contributed by atoms with Crippen molar-refractivity contribution in [1.29, 1.82) is 0 Å². The molecule has 1 aliphatic rings. The Labute approximate surface area is 117 Å². The Morgan fingerprint density at radius 2 is 2.35 bits per heavy atom. The van der Waals surface area contributed by atoms with Crippen LogP contribution in [0.25, 0.3) is 11.5 Å². The first-order chi connectivity index (χ1) is 9.65. The van der Waals surface area contributed by atoms with Gasteiger partial charge in [-0.1, -0.05) is 5.16 Å². The summed E-state index contributed by atoms with van der Waals surface area (Å²) in [6.07, 6.45) is 3.92. The number of anilines is 1. The average Bonchev–Trinajstić information content (AvgIpc) is 3.07. The summed E-state index contributed by atoms with van der Waals surface area (Å²) < 4.78 is 10.9. The van der Waals surface area contributed by atoms with Gasteiger partial charge in [-0.15, -0.1) is 0 Å². The lowest BCUT2D eigenvalue weighted by atomic mass is 10.0. The Bertz CT molecular complexity index is 590. The van der Waals surface area contributed by atoms with Crippen LogP contribution in [0.3, 0.4) is 0 Å². The van der Waals surface area contributed by atoms with E-state index < -0.39 is 0 Å². The van der Waals surface area contributed by atoms with Crippen LogP contribution in [0.4, 0.5) is 5.82 Å². The van der Waals surface area contributed by atoms with Gasteiger partial charge in [0.2, 0.25) is 0 Å². The summed E-state index contributed by atoms with van der Waals surface area (Å²) in [5.41, 5.74) is 0.763. The van der Waals surface area contributed by atoms with Gasteiger partial charge >= 0.3 is 0 Å². The Morgan fingerprint density at radius 1 is 1.45 bits per heavy atom. The molecule has 3 rings (SSSR count). The highest BCUT2D eigenvalue weighted by Gasteiger charge is 2.29. The first-order valence-corrected chi connectivity index (χ1v) is 6.79. The molecule has 1 unspecified atom stereocenters. The Kier molecular flexibility index (Phi) is 3.40. The third-order valence-electron chi connectivity index (χ3n) is 3.48.